The van der Waals surface area contributed by atoms with Crippen LogP contribution in [0.4, 0.5) is 5.69 Å². The van der Waals surface area contributed by atoms with Crippen molar-refractivity contribution >= 4 is 17.6 Å². The first-order chi connectivity index (χ1) is 10.6. The minimum atomic E-state index is -0.764. The lowest BCUT2D eigenvalue weighted by molar-refractivity contribution is -0.141. The van der Waals surface area contributed by atoms with Crippen molar-refractivity contribution < 1.29 is 14.7 Å². The zero-order chi connectivity index (χ0) is 15.7. The molecule has 118 valence electrons. The Hall–Kier alpha value is -1.84. The van der Waals surface area contributed by atoms with E-state index in [1.807, 2.05) is 23.1 Å². The third-order valence-electron chi connectivity index (χ3n) is 5.17. The molecule has 1 saturated carbocycles. The third-order valence-corrected chi connectivity index (χ3v) is 5.17. The van der Waals surface area contributed by atoms with E-state index in [2.05, 4.69) is 13.0 Å². The highest BCUT2D eigenvalue weighted by molar-refractivity contribution is 5.96. The number of carboxylic acids is 1. The molecular formula is C18H23NO3. The van der Waals surface area contributed by atoms with Crippen LogP contribution in [-0.4, -0.2) is 23.5 Å². The molecule has 3 rings (SSSR count). The summed E-state index contributed by atoms with van der Waals surface area (Å²) in [5.74, 6) is -0.674. The van der Waals surface area contributed by atoms with Crippen LogP contribution in [0.5, 0.6) is 0 Å². The van der Waals surface area contributed by atoms with Gasteiger partial charge in [0.1, 0.15) is 0 Å². The quantitative estimate of drug-likeness (QED) is 0.910. The number of carboxylic acid groups (broad SMARTS) is 1. The first-order valence-corrected chi connectivity index (χ1v) is 8.21. The first kappa shape index (κ1) is 15.1. The van der Waals surface area contributed by atoms with Gasteiger partial charge in [0.2, 0.25) is 5.91 Å². The maximum atomic E-state index is 12.9. The van der Waals surface area contributed by atoms with Crippen molar-refractivity contribution in [2.24, 2.45) is 11.8 Å². The van der Waals surface area contributed by atoms with Crippen LogP contribution >= 0.6 is 0 Å². The fourth-order valence-electron chi connectivity index (χ4n) is 3.86. The Bertz CT molecular complexity index is 583. The standard InChI is InChI=1S/C18H23NO3/c1-12-5-4-10-19(16-7-3-2-6-15(12)16)17(20)13-8-9-14(11-13)18(21)22/h2-3,6-7,12-14H,4-5,8-11H2,1H3,(H,21,22)/t12?,13-,14+/m1/s1. The van der Waals surface area contributed by atoms with Gasteiger partial charge < -0.3 is 10.0 Å². The number of carbonyl (C=O) groups is 2. The molecule has 1 amide bonds. The monoisotopic (exact) mass is 301 g/mol. The zero-order valence-electron chi connectivity index (χ0n) is 13.0. The van der Waals surface area contributed by atoms with Crippen molar-refractivity contribution in [3.8, 4) is 0 Å². The SMILES string of the molecule is CC1CCCN(C(=O)[C@@H]2CC[C@H](C(=O)O)C2)c2ccccc21. The second kappa shape index (κ2) is 6.11. The normalized spacial score (nSPS) is 28.0. The van der Waals surface area contributed by atoms with E-state index in [9.17, 15) is 9.59 Å². The number of rotatable bonds is 2. The lowest BCUT2D eigenvalue weighted by Gasteiger charge is -2.26. The summed E-state index contributed by atoms with van der Waals surface area (Å²) < 4.78 is 0. The highest BCUT2D eigenvalue weighted by atomic mass is 16.4. The fraction of sp³-hybridized carbons (Fsp3) is 0.556. The van der Waals surface area contributed by atoms with Crippen molar-refractivity contribution in [2.75, 3.05) is 11.4 Å². The largest absolute Gasteiger partial charge is 0.481 e. The minimum absolute atomic E-state index is 0.116. The van der Waals surface area contributed by atoms with Crippen molar-refractivity contribution in [1.82, 2.24) is 0 Å². The summed E-state index contributed by atoms with van der Waals surface area (Å²) in [5.41, 5.74) is 2.26. The molecule has 22 heavy (non-hydrogen) atoms. The molecule has 1 N–H and O–H groups in total. The molecule has 1 aromatic carbocycles. The van der Waals surface area contributed by atoms with Crippen LogP contribution in [0, 0.1) is 11.8 Å². The van der Waals surface area contributed by atoms with Crippen molar-refractivity contribution in [1.29, 1.82) is 0 Å². The molecular weight excluding hydrogens is 278 g/mol. The van der Waals surface area contributed by atoms with Crippen LogP contribution in [0.1, 0.15) is 50.5 Å². The van der Waals surface area contributed by atoms with Gasteiger partial charge in [-0.1, -0.05) is 25.1 Å². The summed E-state index contributed by atoms with van der Waals surface area (Å²) >= 11 is 0. The van der Waals surface area contributed by atoms with Crippen LogP contribution in [0.25, 0.3) is 0 Å². The molecule has 4 nitrogen and oxygen atoms in total. The van der Waals surface area contributed by atoms with E-state index in [-0.39, 0.29) is 17.7 Å². The van der Waals surface area contributed by atoms with Gasteiger partial charge in [-0.25, -0.2) is 0 Å². The molecule has 0 spiro atoms. The minimum Gasteiger partial charge on any atom is -0.481 e. The predicted molar refractivity (Wildman–Crippen MR) is 84.9 cm³/mol. The molecule has 2 aliphatic rings. The highest BCUT2D eigenvalue weighted by Gasteiger charge is 2.37. The third kappa shape index (κ3) is 2.74. The number of anilines is 1. The van der Waals surface area contributed by atoms with E-state index in [1.165, 1.54) is 5.56 Å². The smallest absolute Gasteiger partial charge is 0.306 e. The lowest BCUT2D eigenvalue weighted by Crippen LogP contribution is -2.36. The van der Waals surface area contributed by atoms with Crippen molar-refractivity contribution in [3.05, 3.63) is 29.8 Å². The Morgan fingerprint density at radius 1 is 1.14 bits per heavy atom. The van der Waals surface area contributed by atoms with Crippen LogP contribution in [0.15, 0.2) is 24.3 Å². The first-order valence-electron chi connectivity index (χ1n) is 8.21. The zero-order valence-corrected chi connectivity index (χ0v) is 13.0. The van der Waals surface area contributed by atoms with E-state index in [1.54, 1.807) is 0 Å². The van der Waals surface area contributed by atoms with Gasteiger partial charge in [0, 0.05) is 18.2 Å². The maximum Gasteiger partial charge on any atom is 0.306 e. The Balaban J connectivity index is 1.83. The average Bonchev–Trinajstić information content (AvgIpc) is 2.95. The van der Waals surface area contributed by atoms with E-state index in [0.717, 1.165) is 25.1 Å². The topological polar surface area (TPSA) is 57.6 Å². The molecule has 1 fully saturated rings. The molecule has 0 bridgehead atoms. The Morgan fingerprint density at radius 2 is 1.86 bits per heavy atom. The second-order valence-corrected chi connectivity index (χ2v) is 6.64. The van der Waals surface area contributed by atoms with Crippen LogP contribution in [0.3, 0.4) is 0 Å². The van der Waals surface area contributed by atoms with E-state index in [0.29, 0.717) is 25.2 Å². The van der Waals surface area contributed by atoms with Gasteiger partial charge in [0.25, 0.3) is 0 Å². The number of aliphatic carboxylic acids is 1. The number of nitrogens with zero attached hydrogens (tertiary/aromatic N) is 1. The summed E-state index contributed by atoms with van der Waals surface area (Å²) in [7, 11) is 0. The lowest BCUT2D eigenvalue weighted by atomic mass is 9.96. The van der Waals surface area contributed by atoms with E-state index < -0.39 is 5.97 Å². The number of fused-ring (bicyclic) bond motifs is 1. The molecule has 0 aromatic heterocycles. The van der Waals surface area contributed by atoms with Gasteiger partial charge in [0.15, 0.2) is 0 Å². The van der Waals surface area contributed by atoms with Crippen molar-refractivity contribution in [3.63, 3.8) is 0 Å². The van der Waals surface area contributed by atoms with Gasteiger partial charge in [-0.05, 0) is 49.7 Å². The summed E-state index contributed by atoms with van der Waals surface area (Å²) in [6, 6.07) is 8.14. The molecule has 1 heterocycles. The molecule has 0 radical (unpaired) electrons. The number of amides is 1. The fourth-order valence-corrected chi connectivity index (χ4v) is 3.86. The average molecular weight is 301 g/mol. The molecule has 1 unspecified atom stereocenters. The number of para-hydroxylation sites is 1. The van der Waals surface area contributed by atoms with Gasteiger partial charge in [-0.15, -0.1) is 0 Å². The Morgan fingerprint density at radius 3 is 2.59 bits per heavy atom. The van der Waals surface area contributed by atoms with E-state index >= 15 is 0 Å². The number of benzene rings is 1. The van der Waals surface area contributed by atoms with Crippen molar-refractivity contribution in [2.45, 2.75) is 44.9 Å². The van der Waals surface area contributed by atoms with Crippen LogP contribution < -0.4 is 4.90 Å². The van der Waals surface area contributed by atoms with Crippen LogP contribution in [-0.2, 0) is 9.59 Å². The number of hydrogen-bond donors (Lipinski definition) is 1. The Labute approximate surface area is 131 Å². The second-order valence-electron chi connectivity index (χ2n) is 6.64. The summed E-state index contributed by atoms with van der Waals surface area (Å²) in [6.45, 7) is 2.96. The predicted octanol–water partition coefficient (Wildman–Crippen LogP) is 3.42. The molecule has 0 saturated heterocycles. The van der Waals surface area contributed by atoms with E-state index in [4.69, 9.17) is 5.11 Å². The van der Waals surface area contributed by atoms with Gasteiger partial charge in [0.05, 0.1) is 5.92 Å². The van der Waals surface area contributed by atoms with Gasteiger partial charge >= 0.3 is 5.97 Å². The van der Waals surface area contributed by atoms with Gasteiger partial charge in [-0.2, -0.15) is 0 Å². The summed E-state index contributed by atoms with van der Waals surface area (Å²) in [6.07, 6.45) is 3.89. The molecule has 3 atom stereocenters. The molecule has 4 heteroatoms. The molecule has 1 aliphatic carbocycles. The molecule has 1 aromatic rings. The van der Waals surface area contributed by atoms with Crippen LogP contribution in [0.2, 0.25) is 0 Å². The Kier molecular flexibility index (Phi) is 4.19. The summed E-state index contributed by atoms with van der Waals surface area (Å²) in [5, 5.41) is 9.14. The maximum absolute atomic E-state index is 12.9. The molecule has 1 aliphatic heterocycles. The summed E-state index contributed by atoms with van der Waals surface area (Å²) in [4.78, 5) is 26.0. The number of carbonyl (C=O) groups excluding carboxylic acids is 1. The highest BCUT2D eigenvalue weighted by Crippen LogP contribution is 2.38. The van der Waals surface area contributed by atoms with Gasteiger partial charge in [-0.3, -0.25) is 9.59 Å². The number of hydrogen-bond acceptors (Lipinski definition) is 2.